The van der Waals surface area contributed by atoms with Gasteiger partial charge in [0.15, 0.2) is 11.5 Å². The van der Waals surface area contributed by atoms with Crippen molar-refractivity contribution in [3.63, 3.8) is 0 Å². The summed E-state index contributed by atoms with van der Waals surface area (Å²) >= 11 is 0. The Morgan fingerprint density at radius 3 is 2.48 bits per heavy atom. The van der Waals surface area contributed by atoms with Crippen molar-refractivity contribution in [1.82, 2.24) is 10.2 Å². The SMILES string of the molecule is O=C(NCc1ccc2c(c1)OCO2)Nc1ccc(C(=O)N2CCCC2)cc1. The molecule has 7 nitrogen and oxygen atoms in total. The summed E-state index contributed by atoms with van der Waals surface area (Å²) in [6.45, 7) is 2.24. The molecule has 0 aliphatic carbocycles. The molecule has 0 aromatic heterocycles. The van der Waals surface area contributed by atoms with Gasteiger partial charge >= 0.3 is 6.03 Å². The van der Waals surface area contributed by atoms with Gasteiger partial charge in [-0.1, -0.05) is 6.07 Å². The Morgan fingerprint density at radius 1 is 0.963 bits per heavy atom. The molecule has 1 saturated heterocycles. The van der Waals surface area contributed by atoms with Crippen LogP contribution in [0.1, 0.15) is 28.8 Å². The Labute approximate surface area is 157 Å². The smallest absolute Gasteiger partial charge is 0.319 e. The lowest BCUT2D eigenvalue weighted by atomic mass is 10.2. The van der Waals surface area contributed by atoms with E-state index in [2.05, 4.69) is 10.6 Å². The van der Waals surface area contributed by atoms with Gasteiger partial charge in [-0.2, -0.15) is 0 Å². The van der Waals surface area contributed by atoms with E-state index in [4.69, 9.17) is 9.47 Å². The summed E-state index contributed by atoms with van der Waals surface area (Å²) in [5.74, 6) is 1.45. The van der Waals surface area contributed by atoms with Crippen molar-refractivity contribution in [3.8, 4) is 11.5 Å². The molecular weight excluding hydrogens is 346 g/mol. The van der Waals surface area contributed by atoms with E-state index in [0.717, 1.165) is 31.5 Å². The van der Waals surface area contributed by atoms with Crippen molar-refractivity contribution in [2.75, 3.05) is 25.2 Å². The van der Waals surface area contributed by atoms with Gasteiger partial charge in [-0.25, -0.2) is 4.79 Å². The van der Waals surface area contributed by atoms with E-state index in [-0.39, 0.29) is 18.7 Å². The van der Waals surface area contributed by atoms with E-state index in [0.29, 0.717) is 29.3 Å². The molecule has 0 unspecified atom stereocenters. The first kappa shape index (κ1) is 17.2. The molecule has 2 N–H and O–H groups in total. The first-order valence-corrected chi connectivity index (χ1v) is 9.02. The van der Waals surface area contributed by atoms with Crippen LogP contribution in [0, 0.1) is 0 Å². The van der Waals surface area contributed by atoms with Crippen LogP contribution in [-0.2, 0) is 6.54 Å². The number of anilines is 1. The normalized spacial score (nSPS) is 14.9. The number of nitrogens with one attached hydrogen (secondary N) is 2. The molecule has 140 valence electrons. The van der Waals surface area contributed by atoms with E-state index in [1.165, 1.54) is 0 Å². The number of nitrogens with zero attached hydrogens (tertiary/aromatic N) is 1. The zero-order valence-corrected chi connectivity index (χ0v) is 14.9. The lowest BCUT2D eigenvalue weighted by Gasteiger charge is -2.15. The van der Waals surface area contributed by atoms with Gasteiger partial charge in [-0.05, 0) is 54.8 Å². The molecule has 7 heteroatoms. The third-order valence-electron chi connectivity index (χ3n) is 4.67. The van der Waals surface area contributed by atoms with Crippen molar-refractivity contribution < 1.29 is 19.1 Å². The van der Waals surface area contributed by atoms with Crippen LogP contribution in [0.4, 0.5) is 10.5 Å². The first-order valence-electron chi connectivity index (χ1n) is 9.02. The van der Waals surface area contributed by atoms with Crippen molar-refractivity contribution in [1.29, 1.82) is 0 Å². The van der Waals surface area contributed by atoms with E-state index < -0.39 is 0 Å². The van der Waals surface area contributed by atoms with Crippen molar-refractivity contribution >= 4 is 17.6 Å². The number of benzene rings is 2. The number of carbonyl (C=O) groups is 2. The zero-order valence-electron chi connectivity index (χ0n) is 14.9. The minimum absolute atomic E-state index is 0.0475. The number of amides is 3. The molecule has 2 aliphatic rings. The molecule has 0 atom stereocenters. The van der Waals surface area contributed by atoms with Crippen molar-refractivity contribution in [3.05, 3.63) is 53.6 Å². The lowest BCUT2D eigenvalue weighted by Crippen LogP contribution is -2.28. The van der Waals surface area contributed by atoms with Crippen LogP contribution in [0.15, 0.2) is 42.5 Å². The highest BCUT2D eigenvalue weighted by Gasteiger charge is 2.19. The summed E-state index contributed by atoms with van der Waals surface area (Å²) in [6, 6.07) is 12.2. The second kappa shape index (κ2) is 7.57. The Bertz CT molecular complexity index is 845. The van der Waals surface area contributed by atoms with Crippen LogP contribution in [0.5, 0.6) is 11.5 Å². The molecule has 1 fully saturated rings. The van der Waals surface area contributed by atoms with Gasteiger partial charge in [-0.3, -0.25) is 4.79 Å². The maximum atomic E-state index is 12.3. The van der Waals surface area contributed by atoms with Gasteiger partial charge in [0.2, 0.25) is 6.79 Å². The van der Waals surface area contributed by atoms with Crippen molar-refractivity contribution in [2.24, 2.45) is 0 Å². The number of ether oxygens (including phenoxy) is 2. The van der Waals surface area contributed by atoms with E-state index in [1.807, 2.05) is 23.1 Å². The Kier molecular flexibility index (Phi) is 4.82. The first-order chi connectivity index (χ1) is 13.2. The lowest BCUT2D eigenvalue weighted by molar-refractivity contribution is 0.0793. The summed E-state index contributed by atoms with van der Waals surface area (Å²) in [6.07, 6.45) is 2.13. The minimum Gasteiger partial charge on any atom is -0.454 e. The molecule has 3 amide bonds. The van der Waals surface area contributed by atoms with Crippen LogP contribution in [0.25, 0.3) is 0 Å². The summed E-state index contributed by atoms with van der Waals surface area (Å²) in [5.41, 5.74) is 2.19. The molecule has 4 rings (SSSR count). The summed E-state index contributed by atoms with van der Waals surface area (Å²) in [7, 11) is 0. The third-order valence-corrected chi connectivity index (χ3v) is 4.67. The highest BCUT2D eigenvalue weighted by molar-refractivity contribution is 5.95. The third kappa shape index (κ3) is 3.97. The maximum absolute atomic E-state index is 12.3. The molecular formula is C20H21N3O4. The zero-order chi connectivity index (χ0) is 18.6. The molecule has 2 heterocycles. The highest BCUT2D eigenvalue weighted by atomic mass is 16.7. The summed E-state index contributed by atoms with van der Waals surface area (Å²) in [4.78, 5) is 26.3. The number of rotatable bonds is 4. The number of fused-ring (bicyclic) bond motifs is 1. The molecule has 0 bridgehead atoms. The predicted octanol–water partition coefficient (Wildman–Crippen LogP) is 2.97. The number of hydrogen-bond acceptors (Lipinski definition) is 4. The molecule has 0 saturated carbocycles. The average Bonchev–Trinajstić information content (AvgIpc) is 3.38. The fourth-order valence-electron chi connectivity index (χ4n) is 3.21. The fourth-order valence-corrected chi connectivity index (χ4v) is 3.21. The molecule has 0 spiro atoms. The van der Waals surface area contributed by atoms with Crippen LogP contribution in [0.2, 0.25) is 0 Å². The highest BCUT2D eigenvalue weighted by Crippen LogP contribution is 2.32. The largest absolute Gasteiger partial charge is 0.454 e. The number of urea groups is 1. The molecule has 2 aromatic carbocycles. The van der Waals surface area contributed by atoms with Crippen LogP contribution >= 0.6 is 0 Å². The molecule has 2 aromatic rings. The van der Waals surface area contributed by atoms with Gasteiger partial charge < -0.3 is 25.0 Å². The average molecular weight is 367 g/mol. The van der Waals surface area contributed by atoms with E-state index in [1.54, 1.807) is 24.3 Å². The quantitative estimate of drug-likeness (QED) is 0.871. The summed E-state index contributed by atoms with van der Waals surface area (Å²) in [5, 5.41) is 5.57. The Hall–Kier alpha value is -3.22. The predicted molar refractivity (Wildman–Crippen MR) is 100 cm³/mol. The Morgan fingerprint density at radius 2 is 1.70 bits per heavy atom. The second-order valence-electron chi connectivity index (χ2n) is 6.57. The second-order valence-corrected chi connectivity index (χ2v) is 6.57. The van der Waals surface area contributed by atoms with Crippen LogP contribution in [0.3, 0.4) is 0 Å². The topological polar surface area (TPSA) is 79.9 Å². The van der Waals surface area contributed by atoms with Gasteiger partial charge in [0.05, 0.1) is 0 Å². The van der Waals surface area contributed by atoms with E-state index >= 15 is 0 Å². The fraction of sp³-hybridized carbons (Fsp3) is 0.300. The Balaban J connectivity index is 1.29. The molecule has 27 heavy (non-hydrogen) atoms. The summed E-state index contributed by atoms with van der Waals surface area (Å²) < 4.78 is 10.6. The van der Waals surface area contributed by atoms with Gasteiger partial charge in [0, 0.05) is 30.9 Å². The standard InChI is InChI=1S/C20H21N3O4/c24-19(23-9-1-2-10-23)15-4-6-16(7-5-15)22-20(25)21-12-14-3-8-17-18(11-14)27-13-26-17/h3-8,11H,1-2,9-10,12-13H2,(H2,21,22,25). The maximum Gasteiger partial charge on any atom is 0.319 e. The van der Waals surface area contributed by atoms with Crippen molar-refractivity contribution in [2.45, 2.75) is 19.4 Å². The minimum atomic E-state index is -0.314. The number of hydrogen-bond donors (Lipinski definition) is 2. The molecule has 0 radical (unpaired) electrons. The van der Waals surface area contributed by atoms with E-state index in [9.17, 15) is 9.59 Å². The van der Waals surface area contributed by atoms with Gasteiger partial charge in [-0.15, -0.1) is 0 Å². The monoisotopic (exact) mass is 367 g/mol. The van der Waals surface area contributed by atoms with Crippen LogP contribution in [-0.4, -0.2) is 36.7 Å². The van der Waals surface area contributed by atoms with Gasteiger partial charge in [0.1, 0.15) is 0 Å². The number of carbonyl (C=O) groups excluding carboxylic acids is 2. The number of likely N-dealkylation sites (tertiary alicyclic amines) is 1. The molecule has 2 aliphatic heterocycles. The van der Waals surface area contributed by atoms with Crippen LogP contribution < -0.4 is 20.1 Å². The van der Waals surface area contributed by atoms with Gasteiger partial charge in [0.25, 0.3) is 5.91 Å².